The van der Waals surface area contributed by atoms with Gasteiger partial charge in [-0.25, -0.2) is 0 Å². The first-order valence-electron chi connectivity index (χ1n) is 3.96. The van der Waals surface area contributed by atoms with Gasteiger partial charge < -0.3 is 0 Å². The number of aryl methyl sites for hydroxylation is 1. The van der Waals surface area contributed by atoms with Crippen molar-refractivity contribution in [3.63, 3.8) is 0 Å². The van der Waals surface area contributed by atoms with Crippen LogP contribution in [-0.2, 0) is 0 Å². The molecular formula is C9H12N4. The van der Waals surface area contributed by atoms with E-state index in [2.05, 4.69) is 21.3 Å². The van der Waals surface area contributed by atoms with Crippen molar-refractivity contribution in [2.45, 2.75) is 19.4 Å². The molecule has 0 saturated heterocycles. The average molecular weight is 176 g/mol. The van der Waals surface area contributed by atoms with Crippen LogP contribution in [0.3, 0.4) is 0 Å². The highest BCUT2D eigenvalue weighted by Crippen LogP contribution is 2.10. The van der Waals surface area contributed by atoms with Gasteiger partial charge in [0.1, 0.15) is 0 Å². The molecule has 4 nitrogen and oxygen atoms in total. The van der Waals surface area contributed by atoms with Crippen molar-refractivity contribution in [3.8, 4) is 12.3 Å². The summed E-state index contributed by atoms with van der Waals surface area (Å²) < 4.78 is 0. The van der Waals surface area contributed by atoms with Gasteiger partial charge in [0.15, 0.2) is 0 Å². The monoisotopic (exact) mass is 176 g/mol. The average Bonchev–Trinajstić information content (AvgIpc) is 2.16. The number of hydrogen-bond donors (Lipinski definition) is 2. The molecule has 0 aliphatic carbocycles. The van der Waals surface area contributed by atoms with Crippen LogP contribution < -0.4 is 11.3 Å². The number of rotatable bonds is 3. The zero-order valence-corrected chi connectivity index (χ0v) is 7.49. The number of terminal acetylenes is 1. The van der Waals surface area contributed by atoms with E-state index in [-0.39, 0.29) is 6.04 Å². The Kier molecular flexibility index (Phi) is 3.38. The normalized spacial score (nSPS) is 12.1. The van der Waals surface area contributed by atoms with E-state index in [0.29, 0.717) is 6.42 Å². The minimum atomic E-state index is -0.113. The Hall–Kier alpha value is -1.44. The number of nitrogens with two attached hydrogens (primary N) is 1. The van der Waals surface area contributed by atoms with Crippen LogP contribution in [0, 0.1) is 19.3 Å². The Morgan fingerprint density at radius 3 is 2.85 bits per heavy atom. The van der Waals surface area contributed by atoms with Gasteiger partial charge in [0, 0.05) is 12.6 Å². The van der Waals surface area contributed by atoms with Crippen LogP contribution in [0.1, 0.15) is 23.9 Å². The summed E-state index contributed by atoms with van der Waals surface area (Å²) in [5, 5.41) is 0. The zero-order chi connectivity index (χ0) is 9.68. The lowest BCUT2D eigenvalue weighted by molar-refractivity contribution is 0.551. The van der Waals surface area contributed by atoms with E-state index >= 15 is 0 Å². The van der Waals surface area contributed by atoms with E-state index in [1.807, 2.05) is 6.92 Å². The van der Waals surface area contributed by atoms with Crippen LogP contribution in [0.2, 0.25) is 0 Å². The van der Waals surface area contributed by atoms with E-state index in [0.717, 1.165) is 11.4 Å². The van der Waals surface area contributed by atoms with Crippen molar-refractivity contribution >= 4 is 0 Å². The summed E-state index contributed by atoms with van der Waals surface area (Å²) in [5.41, 5.74) is 4.24. The topological polar surface area (TPSA) is 63.8 Å². The predicted molar refractivity (Wildman–Crippen MR) is 50.3 cm³/mol. The van der Waals surface area contributed by atoms with Crippen molar-refractivity contribution in [1.82, 2.24) is 15.4 Å². The highest BCUT2D eigenvalue weighted by molar-refractivity contribution is 5.08. The molecule has 1 aromatic rings. The number of nitrogens with one attached hydrogen (secondary N) is 1. The molecule has 13 heavy (non-hydrogen) atoms. The first kappa shape index (κ1) is 9.65. The lowest BCUT2D eigenvalue weighted by atomic mass is 10.1. The second-order valence-corrected chi connectivity index (χ2v) is 2.71. The van der Waals surface area contributed by atoms with E-state index in [1.165, 1.54) is 0 Å². The lowest BCUT2D eigenvalue weighted by Crippen LogP contribution is -2.28. The summed E-state index contributed by atoms with van der Waals surface area (Å²) in [4.78, 5) is 8.27. The maximum Gasteiger partial charge on any atom is 0.0779 e. The molecule has 0 aliphatic rings. The van der Waals surface area contributed by atoms with Gasteiger partial charge in [0.25, 0.3) is 0 Å². The van der Waals surface area contributed by atoms with Gasteiger partial charge >= 0.3 is 0 Å². The van der Waals surface area contributed by atoms with E-state index in [4.69, 9.17) is 12.3 Å². The van der Waals surface area contributed by atoms with Crippen LogP contribution in [-0.4, -0.2) is 9.97 Å². The second kappa shape index (κ2) is 4.55. The first-order valence-corrected chi connectivity index (χ1v) is 3.96. The van der Waals surface area contributed by atoms with Gasteiger partial charge in [-0.2, -0.15) is 0 Å². The molecule has 68 valence electrons. The third-order valence-electron chi connectivity index (χ3n) is 1.68. The molecule has 0 fully saturated rings. The quantitative estimate of drug-likeness (QED) is 0.395. The Balaban J connectivity index is 2.80. The van der Waals surface area contributed by atoms with Crippen molar-refractivity contribution < 1.29 is 0 Å². The Morgan fingerprint density at radius 2 is 2.38 bits per heavy atom. The number of hydrogen-bond acceptors (Lipinski definition) is 4. The maximum absolute atomic E-state index is 5.32. The second-order valence-electron chi connectivity index (χ2n) is 2.71. The fourth-order valence-corrected chi connectivity index (χ4v) is 0.949. The van der Waals surface area contributed by atoms with Crippen LogP contribution >= 0.6 is 0 Å². The standard InChI is InChI=1S/C9H12N4/c1-3-4-8(13-10)9-6-11-7(2)5-12-9/h1,5-6,8,13H,4,10H2,2H3. The molecule has 0 amide bonds. The molecule has 1 aromatic heterocycles. The van der Waals surface area contributed by atoms with Crippen molar-refractivity contribution in [1.29, 1.82) is 0 Å². The van der Waals surface area contributed by atoms with E-state index < -0.39 is 0 Å². The number of aromatic nitrogens is 2. The molecule has 0 aliphatic heterocycles. The minimum Gasteiger partial charge on any atom is -0.271 e. The van der Waals surface area contributed by atoms with Crippen LogP contribution in [0.4, 0.5) is 0 Å². The third kappa shape index (κ3) is 2.51. The van der Waals surface area contributed by atoms with Gasteiger partial charge in [-0.05, 0) is 6.92 Å². The van der Waals surface area contributed by atoms with Crippen LogP contribution in [0.5, 0.6) is 0 Å². The molecule has 0 radical (unpaired) electrons. The van der Waals surface area contributed by atoms with Crippen LogP contribution in [0.25, 0.3) is 0 Å². The molecule has 1 unspecified atom stereocenters. The molecule has 0 bridgehead atoms. The van der Waals surface area contributed by atoms with E-state index in [1.54, 1.807) is 12.4 Å². The van der Waals surface area contributed by atoms with Crippen LogP contribution in [0.15, 0.2) is 12.4 Å². The van der Waals surface area contributed by atoms with E-state index in [9.17, 15) is 0 Å². The maximum atomic E-state index is 5.32. The third-order valence-corrected chi connectivity index (χ3v) is 1.68. The molecule has 1 heterocycles. The first-order chi connectivity index (χ1) is 6.27. The number of nitrogens with zero attached hydrogens (tertiary/aromatic N) is 2. The SMILES string of the molecule is C#CCC(NN)c1cnc(C)cn1. The fourth-order valence-electron chi connectivity index (χ4n) is 0.949. The highest BCUT2D eigenvalue weighted by Gasteiger charge is 2.08. The summed E-state index contributed by atoms with van der Waals surface area (Å²) in [5.74, 6) is 7.84. The Bertz CT molecular complexity index is 298. The molecule has 1 rings (SSSR count). The highest BCUT2D eigenvalue weighted by atomic mass is 15.2. The summed E-state index contributed by atoms with van der Waals surface area (Å²) in [6, 6.07) is -0.113. The summed E-state index contributed by atoms with van der Waals surface area (Å²) in [7, 11) is 0. The molecule has 4 heteroatoms. The molecule has 0 aromatic carbocycles. The minimum absolute atomic E-state index is 0.113. The largest absolute Gasteiger partial charge is 0.271 e. The summed E-state index contributed by atoms with van der Waals surface area (Å²) >= 11 is 0. The van der Waals surface area contributed by atoms with Gasteiger partial charge in [0.2, 0.25) is 0 Å². The zero-order valence-electron chi connectivity index (χ0n) is 7.49. The van der Waals surface area contributed by atoms with Gasteiger partial charge in [-0.3, -0.25) is 21.2 Å². The Labute approximate surface area is 77.6 Å². The van der Waals surface area contributed by atoms with Crippen molar-refractivity contribution in [2.75, 3.05) is 0 Å². The molecule has 1 atom stereocenters. The molecule has 0 spiro atoms. The van der Waals surface area contributed by atoms with Gasteiger partial charge in [-0.1, -0.05) is 0 Å². The predicted octanol–water partition coefficient (Wildman–Crippen LogP) is 0.313. The summed E-state index contributed by atoms with van der Waals surface area (Å²) in [6.07, 6.45) is 9.06. The van der Waals surface area contributed by atoms with Gasteiger partial charge in [-0.15, -0.1) is 12.3 Å². The molecule has 0 saturated carbocycles. The lowest BCUT2D eigenvalue weighted by Gasteiger charge is -2.11. The summed E-state index contributed by atoms with van der Waals surface area (Å²) in [6.45, 7) is 1.88. The Morgan fingerprint density at radius 1 is 1.62 bits per heavy atom. The smallest absolute Gasteiger partial charge is 0.0779 e. The molecular weight excluding hydrogens is 164 g/mol. The van der Waals surface area contributed by atoms with Crippen molar-refractivity contribution in [3.05, 3.63) is 23.8 Å². The van der Waals surface area contributed by atoms with Crippen molar-refractivity contribution in [2.24, 2.45) is 5.84 Å². The number of hydrazine groups is 1. The fraction of sp³-hybridized carbons (Fsp3) is 0.333. The van der Waals surface area contributed by atoms with Gasteiger partial charge in [0.05, 0.1) is 23.6 Å². The molecule has 3 N–H and O–H groups in total.